The Morgan fingerprint density at radius 2 is 1.60 bits per heavy atom. The highest BCUT2D eigenvalue weighted by Crippen LogP contribution is 2.20. The molecule has 2 N–H and O–H groups in total. The largest absolute Gasteiger partial charge is 0.489 e. The van der Waals surface area contributed by atoms with Crippen LogP contribution in [0.1, 0.15) is 43.3 Å². The molecule has 0 spiro atoms. The van der Waals surface area contributed by atoms with E-state index in [9.17, 15) is 9.59 Å². The number of hydrogen-bond donors (Lipinski definition) is 2. The lowest BCUT2D eigenvalue weighted by atomic mass is 10.1. The van der Waals surface area contributed by atoms with Gasteiger partial charge in [-0.2, -0.15) is 0 Å². The van der Waals surface area contributed by atoms with E-state index in [1.807, 2.05) is 44.2 Å². The quantitative estimate of drug-likeness (QED) is 0.356. The molecule has 0 fully saturated rings. The number of para-hydroxylation sites is 1. The first-order valence-electron chi connectivity index (χ1n) is 11.4. The van der Waals surface area contributed by atoms with Crippen LogP contribution in [0.5, 0.6) is 5.75 Å². The number of hydrogen-bond acceptors (Lipinski definition) is 5. The van der Waals surface area contributed by atoms with E-state index < -0.39 is 0 Å². The second-order valence-corrected chi connectivity index (χ2v) is 8.11. The third-order valence-corrected chi connectivity index (χ3v) is 5.64. The maximum Gasteiger partial charge on any atom is 0.255 e. The predicted molar refractivity (Wildman–Crippen MR) is 134 cm³/mol. The van der Waals surface area contributed by atoms with Crippen molar-refractivity contribution in [2.45, 2.75) is 26.9 Å². The topological polar surface area (TPSA) is 93.5 Å². The van der Waals surface area contributed by atoms with Crippen molar-refractivity contribution in [2.75, 3.05) is 11.9 Å². The fourth-order valence-electron chi connectivity index (χ4n) is 3.61. The summed E-state index contributed by atoms with van der Waals surface area (Å²) >= 11 is 0. The highest BCUT2D eigenvalue weighted by Gasteiger charge is 2.14. The van der Waals surface area contributed by atoms with Gasteiger partial charge in [0.15, 0.2) is 0 Å². The van der Waals surface area contributed by atoms with Crippen LogP contribution in [0, 0.1) is 13.8 Å². The molecule has 7 nitrogen and oxygen atoms in total. The van der Waals surface area contributed by atoms with E-state index in [0.29, 0.717) is 35.7 Å². The summed E-state index contributed by atoms with van der Waals surface area (Å²) in [5.41, 5.74) is 4.16. The summed E-state index contributed by atoms with van der Waals surface area (Å²) in [6.07, 6.45) is 0.728. The normalized spacial score (nSPS) is 10.6. The van der Waals surface area contributed by atoms with Gasteiger partial charge in [-0.05, 0) is 62.2 Å². The van der Waals surface area contributed by atoms with E-state index in [-0.39, 0.29) is 11.8 Å². The molecule has 0 unspecified atom stereocenters. The van der Waals surface area contributed by atoms with Crippen LogP contribution in [0.15, 0.2) is 83.4 Å². The first-order valence-corrected chi connectivity index (χ1v) is 11.4. The molecule has 0 radical (unpaired) electrons. The number of benzene rings is 3. The molecule has 0 aliphatic carbocycles. The Balaban J connectivity index is 1.35. The number of rotatable bonds is 9. The molecule has 0 aliphatic rings. The van der Waals surface area contributed by atoms with Crippen LogP contribution in [0.3, 0.4) is 0 Å². The molecule has 1 heterocycles. The lowest BCUT2D eigenvalue weighted by Gasteiger charge is -2.12. The fraction of sp³-hybridized carbons (Fsp3) is 0.179. The van der Waals surface area contributed by atoms with E-state index in [4.69, 9.17) is 9.26 Å². The van der Waals surface area contributed by atoms with Gasteiger partial charge in [0, 0.05) is 12.1 Å². The van der Waals surface area contributed by atoms with Gasteiger partial charge in [0.1, 0.15) is 18.1 Å². The summed E-state index contributed by atoms with van der Waals surface area (Å²) in [5.74, 6) is 0.799. The van der Waals surface area contributed by atoms with Crippen molar-refractivity contribution in [3.63, 3.8) is 0 Å². The number of carbonyl (C=O) groups is 2. The summed E-state index contributed by atoms with van der Waals surface area (Å²) in [4.78, 5) is 25.6. The van der Waals surface area contributed by atoms with Gasteiger partial charge in [-0.1, -0.05) is 47.6 Å². The number of aryl methyl sites for hydroxylation is 2. The lowest BCUT2D eigenvalue weighted by Crippen LogP contribution is -2.27. The average Bonchev–Trinajstić information content (AvgIpc) is 3.20. The average molecular weight is 470 g/mol. The number of anilines is 1. The summed E-state index contributed by atoms with van der Waals surface area (Å²) < 4.78 is 10.9. The maximum atomic E-state index is 12.8. The van der Waals surface area contributed by atoms with Gasteiger partial charge < -0.3 is 19.9 Å². The highest BCUT2D eigenvalue weighted by molar-refractivity contribution is 6.09. The molecule has 35 heavy (non-hydrogen) atoms. The monoisotopic (exact) mass is 469 g/mol. The zero-order chi connectivity index (χ0) is 24.6. The Hall–Kier alpha value is -4.39. The Bertz CT molecular complexity index is 1280. The standard InChI is InChI=1S/C28H27N3O4/c1-19-25(20(2)35-31-19)18-34-23-14-12-22(13-15-23)27(32)30-26-11-7-6-10-24(26)28(33)29-17-16-21-8-4-3-5-9-21/h3-15H,16-18H2,1-2H3,(H,29,33)(H,30,32). The minimum atomic E-state index is -0.313. The van der Waals surface area contributed by atoms with Crippen LogP contribution < -0.4 is 15.4 Å². The first-order chi connectivity index (χ1) is 17.0. The summed E-state index contributed by atoms with van der Waals surface area (Å²) in [6.45, 7) is 4.54. The second-order valence-electron chi connectivity index (χ2n) is 8.11. The molecule has 0 saturated carbocycles. The molecule has 4 aromatic rings. The van der Waals surface area contributed by atoms with E-state index in [0.717, 1.165) is 29.0 Å². The molecule has 0 atom stereocenters. The lowest BCUT2D eigenvalue weighted by molar-refractivity contribution is 0.0955. The molecule has 1 aromatic heterocycles. The van der Waals surface area contributed by atoms with E-state index in [1.165, 1.54) is 0 Å². The SMILES string of the molecule is Cc1noc(C)c1COc1ccc(C(=O)Nc2ccccc2C(=O)NCCc2ccccc2)cc1. The smallest absolute Gasteiger partial charge is 0.255 e. The van der Waals surface area contributed by atoms with Crippen molar-refractivity contribution in [3.05, 3.63) is 113 Å². The third kappa shape index (κ3) is 6.14. The molecule has 2 amide bonds. The van der Waals surface area contributed by atoms with Gasteiger partial charge in [0.05, 0.1) is 22.5 Å². The fourth-order valence-corrected chi connectivity index (χ4v) is 3.61. The number of aromatic nitrogens is 1. The van der Waals surface area contributed by atoms with Gasteiger partial charge in [0.25, 0.3) is 11.8 Å². The summed E-state index contributed by atoms with van der Waals surface area (Å²) in [5, 5.41) is 9.69. The molecule has 3 aromatic carbocycles. The van der Waals surface area contributed by atoms with Gasteiger partial charge >= 0.3 is 0 Å². The molecule has 0 bridgehead atoms. The number of carbonyl (C=O) groups excluding carboxylic acids is 2. The van der Waals surface area contributed by atoms with Crippen molar-refractivity contribution >= 4 is 17.5 Å². The molecule has 7 heteroatoms. The Morgan fingerprint density at radius 1 is 0.886 bits per heavy atom. The molecule has 0 aliphatic heterocycles. The van der Waals surface area contributed by atoms with Gasteiger partial charge in [-0.15, -0.1) is 0 Å². The Kier molecular flexibility index (Phi) is 7.57. The minimum absolute atomic E-state index is 0.236. The molecular weight excluding hydrogens is 442 g/mol. The minimum Gasteiger partial charge on any atom is -0.489 e. The van der Waals surface area contributed by atoms with Crippen molar-refractivity contribution in [3.8, 4) is 5.75 Å². The van der Waals surface area contributed by atoms with Crippen molar-refractivity contribution in [1.29, 1.82) is 0 Å². The van der Waals surface area contributed by atoms with E-state index in [2.05, 4.69) is 15.8 Å². The van der Waals surface area contributed by atoms with Gasteiger partial charge in [0.2, 0.25) is 0 Å². The first kappa shape index (κ1) is 23.8. The van der Waals surface area contributed by atoms with Crippen molar-refractivity contribution < 1.29 is 18.8 Å². The number of amides is 2. The highest BCUT2D eigenvalue weighted by atomic mass is 16.5. The maximum absolute atomic E-state index is 12.8. The van der Waals surface area contributed by atoms with Crippen molar-refractivity contribution in [1.82, 2.24) is 10.5 Å². The number of nitrogens with zero attached hydrogens (tertiary/aromatic N) is 1. The van der Waals surface area contributed by atoms with Crippen molar-refractivity contribution in [2.24, 2.45) is 0 Å². The Labute approximate surface area is 204 Å². The molecule has 178 valence electrons. The van der Waals surface area contributed by atoms with Crippen LogP contribution in [-0.4, -0.2) is 23.5 Å². The van der Waals surface area contributed by atoms with Crippen LogP contribution >= 0.6 is 0 Å². The van der Waals surface area contributed by atoms with E-state index >= 15 is 0 Å². The van der Waals surface area contributed by atoms with Crippen LogP contribution in [0.25, 0.3) is 0 Å². The zero-order valence-corrected chi connectivity index (χ0v) is 19.7. The summed E-state index contributed by atoms with van der Waals surface area (Å²) in [6, 6.07) is 23.7. The van der Waals surface area contributed by atoms with E-state index in [1.54, 1.807) is 48.5 Å². The van der Waals surface area contributed by atoms with Crippen LogP contribution in [-0.2, 0) is 13.0 Å². The third-order valence-electron chi connectivity index (χ3n) is 5.64. The number of ether oxygens (including phenoxy) is 1. The second kappa shape index (κ2) is 11.2. The van der Waals surface area contributed by atoms with Gasteiger partial charge in [-0.3, -0.25) is 9.59 Å². The number of nitrogens with one attached hydrogen (secondary N) is 2. The van der Waals surface area contributed by atoms with Gasteiger partial charge in [-0.25, -0.2) is 0 Å². The van der Waals surface area contributed by atoms with Crippen LogP contribution in [0.4, 0.5) is 5.69 Å². The van der Waals surface area contributed by atoms with Crippen LogP contribution in [0.2, 0.25) is 0 Å². The Morgan fingerprint density at radius 3 is 2.31 bits per heavy atom. The molecule has 4 rings (SSSR count). The summed E-state index contributed by atoms with van der Waals surface area (Å²) in [7, 11) is 0. The predicted octanol–water partition coefficient (Wildman–Crippen LogP) is 5.10. The molecule has 0 saturated heterocycles. The molecular formula is C28H27N3O4. The zero-order valence-electron chi connectivity index (χ0n) is 19.7.